The number of rotatable bonds is 3. The number of fused-ring (bicyclic) bond motifs is 1. The lowest BCUT2D eigenvalue weighted by Gasteiger charge is -2.20. The molecule has 2 aliphatic heterocycles. The summed E-state index contributed by atoms with van der Waals surface area (Å²) in [6.45, 7) is 5.53. The molecule has 2 N–H and O–H groups in total. The SMILES string of the molecule is Cc1ccc(N2CC(NC(=O)Nc3ccc4c(c3)OCCO4)CC2=O)cc1C. The van der Waals surface area contributed by atoms with E-state index in [4.69, 9.17) is 9.47 Å². The van der Waals surface area contributed by atoms with Crippen LogP contribution in [0, 0.1) is 13.8 Å². The molecule has 1 saturated heterocycles. The van der Waals surface area contributed by atoms with Crippen LogP contribution < -0.4 is 25.0 Å². The van der Waals surface area contributed by atoms with Crippen LogP contribution >= 0.6 is 0 Å². The topological polar surface area (TPSA) is 79.9 Å². The summed E-state index contributed by atoms with van der Waals surface area (Å²) in [7, 11) is 0. The number of anilines is 2. The number of amides is 3. The molecule has 1 atom stereocenters. The lowest BCUT2D eigenvalue weighted by molar-refractivity contribution is -0.117. The number of carbonyl (C=O) groups excluding carboxylic acids is 2. The number of nitrogens with one attached hydrogen (secondary N) is 2. The number of ether oxygens (including phenoxy) is 2. The van der Waals surface area contributed by atoms with Crippen LogP contribution in [0.5, 0.6) is 11.5 Å². The normalized spacial score (nSPS) is 18.1. The Hall–Kier alpha value is -3.22. The summed E-state index contributed by atoms with van der Waals surface area (Å²) in [5.41, 5.74) is 3.80. The summed E-state index contributed by atoms with van der Waals surface area (Å²) in [5, 5.41) is 5.67. The maximum atomic E-state index is 12.4. The molecular formula is C21H23N3O4. The lowest BCUT2D eigenvalue weighted by Crippen LogP contribution is -2.39. The number of benzene rings is 2. The van der Waals surface area contributed by atoms with Crippen molar-refractivity contribution in [2.75, 3.05) is 30.0 Å². The van der Waals surface area contributed by atoms with Crippen LogP contribution in [-0.2, 0) is 4.79 Å². The molecule has 7 nitrogen and oxygen atoms in total. The summed E-state index contributed by atoms with van der Waals surface area (Å²) in [6.07, 6.45) is 0.279. The highest BCUT2D eigenvalue weighted by atomic mass is 16.6. The minimum atomic E-state index is -0.351. The monoisotopic (exact) mass is 381 g/mol. The van der Waals surface area contributed by atoms with Crippen LogP contribution in [0.1, 0.15) is 17.5 Å². The summed E-state index contributed by atoms with van der Waals surface area (Å²) < 4.78 is 11.0. The Bertz CT molecular complexity index is 928. The van der Waals surface area contributed by atoms with Gasteiger partial charge in [-0.05, 0) is 49.2 Å². The van der Waals surface area contributed by atoms with E-state index in [0.717, 1.165) is 11.3 Å². The third-order valence-electron chi connectivity index (χ3n) is 5.06. The molecular weight excluding hydrogens is 358 g/mol. The zero-order valence-corrected chi connectivity index (χ0v) is 16.0. The maximum Gasteiger partial charge on any atom is 0.319 e. The number of carbonyl (C=O) groups is 2. The van der Waals surface area contributed by atoms with Crippen LogP contribution in [0.4, 0.5) is 16.2 Å². The second-order valence-corrected chi connectivity index (χ2v) is 7.13. The molecule has 0 radical (unpaired) electrons. The van der Waals surface area contributed by atoms with E-state index in [1.165, 1.54) is 5.56 Å². The number of nitrogens with zero attached hydrogens (tertiary/aromatic N) is 1. The molecule has 3 amide bonds. The Balaban J connectivity index is 1.37. The highest BCUT2D eigenvalue weighted by Crippen LogP contribution is 2.32. The first-order chi connectivity index (χ1) is 13.5. The number of aryl methyl sites for hydroxylation is 2. The van der Waals surface area contributed by atoms with Crippen LogP contribution in [0.3, 0.4) is 0 Å². The molecule has 2 heterocycles. The average Bonchev–Trinajstić information content (AvgIpc) is 3.03. The summed E-state index contributed by atoms with van der Waals surface area (Å²) in [4.78, 5) is 26.5. The summed E-state index contributed by atoms with van der Waals surface area (Å²) >= 11 is 0. The third-order valence-corrected chi connectivity index (χ3v) is 5.06. The smallest absolute Gasteiger partial charge is 0.319 e. The summed E-state index contributed by atoms with van der Waals surface area (Å²) in [6, 6.07) is 10.6. The third kappa shape index (κ3) is 3.74. The van der Waals surface area contributed by atoms with E-state index >= 15 is 0 Å². The van der Waals surface area contributed by atoms with E-state index in [-0.39, 0.29) is 24.4 Å². The molecule has 1 unspecified atom stereocenters. The highest BCUT2D eigenvalue weighted by molar-refractivity contribution is 5.97. The van der Waals surface area contributed by atoms with Crippen molar-refractivity contribution in [3.63, 3.8) is 0 Å². The second-order valence-electron chi connectivity index (χ2n) is 7.13. The van der Waals surface area contributed by atoms with Crippen molar-refractivity contribution in [3.8, 4) is 11.5 Å². The highest BCUT2D eigenvalue weighted by Gasteiger charge is 2.31. The fraction of sp³-hybridized carbons (Fsp3) is 0.333. The van der Waals surface area contributed by atoms with Gasteiger partial charge in [0.05, 0.1) is 6.04 Å². The van der Waals surface area contributed by atoms with Crippen molar-refractivity contribution in [2.45, 2.75) is 26.3 Å². The second kappa shape index (κ2) is 7.42. The molecule has 1 fully saturated rings. The van der Waals surface area contributed by atoms with Crippen LogP contribution in [0.15, 0.2) is 36.4 Å². The van der Waals surface area contributed by atoms with Gasteiger partial charge in [-0.15, -0.1) is 0 Å². The van der Waals surface area contributed by atoms with Crippen molar-refractivity contribution in [3.05, 3.63) is 47.5 Å². The van der Waals surface area contributed by atoms with Crippen molar-refractivity contribution in [1.82, 2.24) is 5.32 Å². The van der Waals surface area contributed by atoms with Gasteiger partial charge >= 0.3 is 6.03 Å². The van der Waals surface area contributed by atoms with Gasteiger partial charge in [0.2, 0.25) is 5.91 Å². The number of urea groups is 1. The van der Waals surface area contributed by atoms with Gasteiger partial charge in [-0.1, -0.05) is 6.07 Å². The predicted octanol–water partition coefficient (Wildman–Crippen LogP) is 3.00. The van der Waals surface area contributed by atoms with Gasteiger partial charge in [0.25, 0.3) is 0 Å². The van der Waals surface area contributed by atoms with Crippen LogP contribution in [0.2, 0.25) is 0 Å². The molecule has 28 heavy (non-hydrogen) atoms. The Morgan fingerprint density at radius 3 is 2.61 bits per heavy atom. The Labute approximate surface area is 163 Å². The number of hydrogen-bond acceptors (Lipinski definition) is 4. The quantitative estimate of drug-likeness (QED) is 0.857. The predicted molar refractivity (Wildman–Crippen MR) is 106 cm³/mol. The Morgan fingerprint density at radius 1 is 1.04 bits per heavy atom. The first-order valence-electron chi connectivity index (χ1n) is 9.34. The molecule has 146 valence electrons. The number of hydrogen-bond donors (Lipinski definition) is 2. The largest absolute Gasteiger partial charge is 0.486 e. The molecule has 0 spiro atoms. The van der Waals surface area contributed by atoms with Gasteiger partial charge in [-0.25, -0.2) is 4.79 Å². The lowest BCUT2D eigenvalue weighted by atomic mass is 10.1. The Kier molecular flexibility index (Phi) is 4.81. The first-order valence-corrected chi connectivity index (χ1v) is 9.34. The van der Waals surface area contributed by atoms with E-state index in [2.05, 4.69) is 10.6 Å². The fourth-order valence-electron chi connectivity index (χ4n) is 3.42. The van der Waals surface area contributed by atoms with Crippen LogP contribution in [-0.4, -0.2) is 37.7 Å². The maximum absolute atomic E-state index is 12.4. The van der Waals surface area contributed by atoms with Crippen molar-refractivity contribution < 1.29 is 19.1 Å². The molecule has 0 saturated carbocycles. The molecule has 0 aromatic heterocycles. The first kappa shape index (κ1) is 18.2. The van der Waals surface area contributed by atoms with Gasteiger partial charge in [-0.3, -0.25) is 4.79 Å². The molecule has 2 aliphatic rings. The zero-order valence-electron chi connectivity index (χ0n) is 16.0. The Morgan fingerprint density at radius 2 is 1.82 bits per heavy atom. The van der Waals surface area contributed by atoms with E-state index in [1.807, 2.05) is 32.0 Å². The van der Waals surface area contributed by atoms with E-state index in [9.17, 15) is 9.59 Å². The molecule has 0 bridgehead atoms. The standard InChI is InChI=1S/C21H23N3O4/c1-13-3-5-17(9-14(13)2)24-12-16(11-20(24)25)23-21(26)22-15-4-6-18-19(10-15)28-8-7-27-18/h3-6,9-10,16H,7-8,11-12H2,1-2H3,(H2,22,23,26). The van der Waals surface area contributed by atoms with Gasteiger partial charge < -0.3 is 25.0 Å². The average molecular weight is 381 g/mol. The van der Waals surface area contributed by atoms with Crippen molar-refractivity contribution >= 4 is 23.3 Å². The minimum absolute atomic E-state index is 0.00730. The fourth-order valence-corrected chi connectivity index (χ4v) is 3.42. The van der Waals surface area contributed by atoms with Gasteiger partial charge in [0.1, 0.15) is 13.2 Å². The minimum Gasteiger partial charge on any atom is -0.486 e. The molecule has 2 aromatic rings. The van der Waals surface area contributed by atoms with Crippen LogP contribution in [0.25, 0.3) is 0 Å². The van der Waals surface area contributed by atoms with Gasteiger partial charge in [0, 0.05) is 30.4 Å². The molecule has 2 aromatic carbocycles. The van der Waals surface area contributed by atoms with Crippen molar-refractivity contribution in [1.29, 1.82) is 0 Å². The van der Waals surface area contributed by atoms with E-state index in [1.54, 1.807) is 23.1 Å². The molecule has 7 heteroatoms. The van der Waals surface area contributed by atoms with E-state index < -0.39 is 0 Å². The summed E-state index contributed by atoms with van der Waals surface area (Å²) in [5.74, 6) is 1.29. The van der Waals surface area contributed by atoms with Crippen molar-refractivity contribution in [2.24, 2.45) is 0 Å². The molecule has 4 rings (SSSR count). The zero-order chi connectivity index (χ0) is 19.7. The van der Waals surface area contributed by atoms with E-state index in [0.29, 0.717) is 36.9 Å². The molecule has 0 aliphatic carbocycles. The van der Waals surface area contributed by atoms with Gasteiger partial charge in [-0.2, -0.15) is 0 Å². The van der Waals surface area contributed by atoms with Gasteiger partial charge in [0.15, 0.2) is 11.5 Å².